The molecule has 2 heterocycles. The second kappa shape index (κ2) is 4.27. The van der Waals surface area contributed by atoms with Crippen LogP contribution < -0.4 is 5.76 Å². The van der Waals surface area contributed by atoms with Crippen molar-refractivity contribution in [2.24, 2.45) is 7.05 Å². The molecular weight excluding hydrogens is 288 g/mol. The number of nitrogens with one attached hydrogen (secondary N) is 1. The Morgan fingerprint density at radius 2 is 2.00 bits per heavy atom. The molecule has 4 nitrogen and oxygen atoms in total. The summed E-state index contributed by atoms with van der Waals surface area (Å²) >= 11 is 6.01. The molecule has 104 valence electrons. The van der Waals surface area contributed by atoms with Crippen LogP contribution in [0.2, 0.25) is 5.02 Å². The van der Waals surface area contributed by atoms with Gasteiger partial charge in [0.05, 0.1) is 5.52 Å². The standard InChI is InChI=1S/C16H11ClN2O2/c1-19-14-5-2-9(8-15(14)21-16(19)20)13-7-10-6-11(17)3-4-12(10)18-13/h2-8,18H,1H3. The van der Waals surface area contributed by atoms with Crippen molar-refractivity contribution in [2.45, 2.75) is 0 Å². The number of rotatable bonds is 1. The van der Waals surface area contributed by atoms with Gasteiger partial charge in [-0.2, -0.15) is 0 Å². The van der Waals surface area contributed by atoms with Crippen molar-refractivity contribution >= 4 is 33.6 Å². The quantitative estimate of drug-likeness (QED) is 0.579. The van der Waals surface area contributed by atoms with Gasteiger partial charge in [-0.1, -0.05) is 17.7 Å². The first kappa shape index (κ1) is 12.3. The number of aromatic nitrogens is 2. The molecular formula is C16H11ClN2O2. The molecule has 1 N–H and O–H groups in total. The van der Waals surface area contributed by atoms with E-state index in [0.29, 0.717) is 10.6 Å². The monoisotopic (exact) mass is 298 g/mol. The van der Waals surface area contributed by atoms with E-state index in [9.17, 15) is 4.79 Å². The topological polar surface area (TPSA) is 50.9 Å². The van der Waals surface area contributed by atoms with E-state index in [1.807, 2.05) is 42.5 Å². The molecule has 0 amide bonds. The second-order valence-corrected chi connectivity index (χ2v) is 5.46. The van der Waals surface area contributed by atoms with Gasteiger partial charge >= 0.3 is 5.76 Å². The number of oxazole rings is 1. The first-order valence-electron chi connectivity index (χ1n) is 6.50. The SMILES string of the molecule is Cn1c(=O)oc2cc(-c3cc4cc(Cl)ccc4[nH]3)ccc21. The van der Waals surface area contributed by atoms with Crippen molar-refractivity contribution in [1.29, 1.82) is 0 Å². The van der Waals surface area contributed by atoms with Gasteiger partial charge < -0.3 is 9.40 Å². The average molecular weight is 299 g/mol. The summed E-state index contributed by atoms with van der Waals surface area (Å²) in [6.07, 6.45) is 0. The fraction of sp³-hybridized carbons (Fsp3) is 0.0625. The van der Waals surface area contributed by atoms with Crippen molar-refractivity contribution in [3.05, 3.63) is 58.0 Å². The molecule has 4 rings (SSSR count). The fourth-order valence-corrected chi connectivity index (χ4v) is 2.74. The van der Waals surface area contributed by atoms with Gasteiger partial charge in [0.2, 0.25) is 0 Å². The van der Waals surface area contributed by atoms with Crippen LogP contribution in [0.25, 0.3) is 33.3 Å². The van der Waals surface area contributed by atoms with E-state index < -0.39 is 0 Å². The minimum atomic E-state index is -0.356. The molecule has 4 aromatic rings. The minimum absolute atomic E-state index is 0.356. The van der Waals surface area contributed by atoms with Crippen LogP contribution in [0.1, 0.15) is 0 Å². The highest BCUT2D eigenvalue weighted by Gasteiger charge is 2.09. The molecule has 2 aromatic heterocycles. The van der Waals surface area contributed by atoms with Crippen LogP contribution in [0.15, 0.2) is 51.7 Å². The molecule has 5 heteroatoms. The third kappa shape index (κ3) is 1.87. The Kier molecular flexibility index (Phi) is 2.50. The zero-order chi connectivity index (χ0) is 14.6. The van der Waals surface area contributed by atoms with Gasteiger partial charge in [0, 0.05) is 34.2 Å². The molecule has 0 saturated carbocycles. The lowest BCUT2D eigenvalue weighted by Gasteiger charge is -1.98. The van der Waals surface area contributed by atoms with Crippen molar-refractivity contribution < 1.29 is 4.42 Å². The van der Waals surface area contributed by atoms with Crippen molar-refractivity contribution in [3.8, 4) is 11.3 Å². The summed E-state index contributed by atoms with van der Waals surface area (Å²) in [4.78, 5) is 14.9. The number of hydrogen-bond acceptors (Lipinski definition) is 2. The van der Waals surface area contributed by atoms with E-state index >= 15 is 0 Å². The highest BCUT2D eigenvalue weighted by Crippen LogP contribution is 2.28. The maximum atomic E-state index is 11.5. The Morgan fingerprint density at radius 3 is 2.86 bits per heavy atom. The summed E-state index contributed by atoms with van der Waals surface area (Å²) < 4.78 is 6.72. The molecule has 0 unspecified atom stereocenters. The van der Waals surface area contributed by atoms with Crippen LogP contribution in [0.5, 0.6) is 0 Å². The van der Waals surface area contributed by atoms with Gasteiger partial charge in [-0.25, -0.2) is 4.79 Å². The number of aromatic amines is 1. The van der Waals surface area contributed by atoms with Crippen LogP contribution in [0, 0.1) is 0 Å². The van der Waals surface area contributed by atoms with Crippen LogP contribution in [0.3, 0.4) is 0 Å². The largest absolute Gasteiger partial charge is 0.419 e. The third-order valence-electron chi connectivity index (χ3n) is 3.69. The highest BCUT2D eigenvalue weighted by molar-refractivity contribution is 6.31. The number of halogens is 1. The van der Waals surface area contributed by atoms with E-state index in [2.05, 4.69) is 4.98 Å². The van der Waals surface area contributed by atoms with Gasteiger partial charge in [-0.15, -0.1) is 0 Å². The predicted molar refractivity (Wildman–Crippen MR) is 83.8 cm³/mol. The number of benzene rings is 2. The Bertz CT molecular complexity index is 1040. The second-order valence-electron chi connectivity index (χ2n) is 5.02. The van der Waals surface area contributed by atoms with Gasteiger partial charge in [0.15, 0.2) is 5.58 Å². The Labute approximate surface area is 124 Å². The number of hydrogen-bond donors (Lipinski definition) is 1. The first-order chi connectivity index (χ1) is 10.1. The Hall–Kier alpha value is -2.46. The summed E-state index contributed by atoms with van der Waals surface area (Å²) in [5, 5.41) is 1.75. The van der Waals surface area contributed by atoms with Gasteiger partial charge in [0.25, 0.3) is 0 Å². The van der Waals surface area contributed by atoms with E-state index in [1.54, 1.807) is 7.05 Å². The number of H-pyrrole nitrogens is 1. The lowest BCUT2D eigenvalue weighted by atomic mass is 10.1. The molecule has 0 bridgehead atoms. The first-order valence-corrected chi connectivity index (χ1v) is 6.88. The molecule has 0 radical (unpaired) electrons. The number of aryl methyl sites for hydroxylation is 1. The zero-order valence-electron chi connectivity index (χ0n) is 11.2. The van der Waals surface area contributed by atoms with E-state index in [-0.39, 0.29) is 5.76 Å². The molecule has 0 fully saturated rings. The molecule has 0 spiro atoms. The van der Waals surface area contributed by atoms with E-state index in [4.69, 9.17) is 16.0 Å². The fourth-order valence-electron chi connectivity index (χ4n) is 2.56. The van der Waals surface area contributed by atoms with Crippen molar-refractivity contribution in [2.75, 3.05) is 0 Å². The molecule has 21 heavy (non-hydrogen) atoms. The molecule has 0 saturated heterocycles. The maximum Gasteiger partial charge on any atom is 0.419 e. The molecule has 0 aliphatic carbocycles. The van der Waals surface area contributed by atoms with Gasteiger partial charge in [-0.3, -0.25) is 4.57 Å². The Balaban J connectivity index is 1.93. The number of nitrogens with zero attached hydrogens (tertiary/aromatic N) is 1. The molecule has 0 atom stereocenters. The highest BCUT2D eigenvalue weighted by atomic mass is 35.5. The van der Waals surface area contributed by atoms with E-state index in [0.717, 1.165) is 27.7 Å². The summed E-state index contributed by atoms with van der Waals surface area (Å²) in [5.74, 6) is -0.356. The van der Waals surface area contributed by atoms with Crippen LogP contribution in [-0.4, -0.2) is 9.55 Å². The lowest BCUT2D eigenvalue weighted by molar-refractivity contribution is 0.528. The minimum Gasteiger partial charge on any atom is -0.408 e. The van der Waals surface area contributed by atoms with Crippen molar-refractivity contribution in [1.82, 2.24) is 9.55 Å². The summed E-state index contributed by atoms with van der Waals surface area (Å²) in [6.45, 7) is 0. The summed E-state index contributed by atoms with van der Waals surface area (Å²) in [7, 11) is 1.69. The van der Waals surface area contributed by atoms with Crippen LogP contribution in [-0.2, 0) is 7.05 Å². The molecule has 0 aliphatic rings. The predicted octanol–water partition coefficient (Wildman–Crippen LogP) is 3.93. The Morgan fingerprint density at radius 1 is 1.14 bits per heavy atom. The van der Waals surface area contributed by atoms with Gasteiger partial charge in [-0.05, 0) is 36.4 Å². The normalized spacial score (nSPS) is 11.5. The van der Waals surface area contributed by atoms with Gasteiger partial charge in [0.1, 0.15) is 0 Å². The number of fused-ring (bicyclic) bond motifs is 2. The summed E-state index contributed by atoms with van der Waals surface area (Å²) in [5.41, 5.74) is 4.30. The third-order valence-corrected chi connectivity index (χ3v) is 3.92. The van der Waals surface area contributed by atoms with Crippen molar-refractivity contribution in [3.63, 3.8) is 0 Å². The summed E-state index contributed by atoms with van der Waals surface area (Å²) in [6, 6.07) is 13.5. The van der Waals surface area contributed by atoms with E-state index in [1.165, 1.54) is 4.57 Å². The average Bonchev–Trinajstić information content (AvgIpc) is 3.00. The zero-order valence-corrected chi connectivity index (χ0v) is 11.9. The smallest absolute Gasteiger partial charge is 0.408 e. The lowest BCUT2D eigenvalue weighted by Crippen LogP contribution is -2.08. The molecule has 0 aliphatic heterocycles. The van der Waals surface area contributed by atoms with Crippen LogP contribution in [0.4, 0.5) is 0 Å². The maximum absolute atomic E-state index is 11.5. The van der Waals surface area contributed by atoms with Crippen LogP contribution >= 0.6 is 11.6 Å². The molecule has 2 aromatic carbocycles.